The Labute approximate surface area is 110 Å². The van der Waals surface area contributed by atoms with Gasteiger partial charge in [0, 0.05) is 41.1 Å². The highest BCUT2D eigenvalue weighted by Crippen LogP contribution is 2.32. The Morgan fingerprint density at radius 1 is 1.35 bits per heavy atom. The number of aromatic amines is 1. The summed E-state index contributed by atoms with van der Waals surface area (Å²) in [7, 11) is 0. The summed E-state index contributed by atoms with van der Waals surface area (Å²) in [6.07, 6.45) is 1.13. The van der Waals surface area contributed by atoms with E-state index in [1.54, 1.807) is 0 Å². The molecule has 1 aromatic carbocycles. The van der Waals surface area contributed by atoms with Crippen LogP contribution in [-0.4, -0.2) is 22.5 Å². The molecular weight excluding hydrogens is 276 g/mol. The number of hydrogen-bond acceptors (Lipinski definition) is 1. The van der Waals surface area contributed by atoms with Crippen LogP contribution in [0.3, 0.4) is 0 Å². The summed E-state index contributed by atoms with van der Waals surface area (Å²) >= 11 is 3.62. The summed E-state index contributed by atoms with van der Waals surface area (Å²) < 4.78 is 1.17. The van der Waals surface area contributed by atoms with E-state index < -0.39 is 0 Å². The van der Waals surface area contributed by atoms with Gasteiger partial charge in [-0.25, -0.2) is 0 Å². The fraction of sp³-hybridized carbons (Fsp3) is 0.429. The van der Waals surface area contributed by atoms with Crippen molar-refractivity contribution in [1.82, 2.24) is 9.88 Å². The normalized spacial score (nSPS) is 16.7. The van der Waals surface area contributed by atoms with Gasteiger partial charge >= 0.3 is 0 Å². The maximum absolute atomic E-state index is 3.62. The van der Waals surface area contributed by atoms with Crippen LogP contribution >= 0.6 is 15.9 Å². The van der Waals surface area contributed by atoms with Gasteiger partial charge in [-0.1, -0.05) is 12.1 Å². The van der Waals surface area contributed by atoms with Gasteiger partial charge in [0.25, 0.3) is 0 Å². The molecule has 0 unspecified atom stereocenters. The summed E-state index contributed by atoms with van der Waals surface area (Å²) in [5.41, 5.74) is 4.16. The number of hydrogen-bond donors (Lipinski definition) is 1. The minimum absolute atomic E-state index is 0.625. The molecule has 0 atom stereocenters. The van der Waals surface area contributed by atoms with Crippen LogP contribution in [-0.2, 0) is 13.0 Å². The van der Waals surface area contributed by atoms with Crippen molar-refractivity contribution in [3.05, 3.63) is 33.9 Å². The summed E-state index contributed by atoms with van der Waals surface area (Å²) in [6, 6.07) is 7.07. The smallest absolute Gasteiger partial charge is 0.0603 e. The van der Waals surface area contributed by atoms with Gasteiger partial charge in [0.2, 0.25) is 0 Å². The lowest BCUT2D eigenvalue weighted by Gasteiger charge is -2.30. The van der Waals surface area contributed by atoms with E-state index in [1.165, 1.54) is 26.6 Å². The molecule has 0 bridgehead atoms. The molecule has 0 amide bonds. The monoisotopic (exact) mass is 292 g/mol. The Bertz CT molecular complexity index is 557. The van der Waals surface area contributed by atoms with Crippen molar-refractivity contribution in [3.63, 3.8) is 0 Å². The average Bonchev–Trinajstić information content (AvgIpc) is 2.68. The Balaban J connectivity index is 2.12. The van der Waals surface area contributed by atoms with Crippen molar-refractivity contribution in [3.8, 4) is 0 Å². The molecule has 0 saturated carbocycles. The van der Waals surface area contributed by atoms with Gasteiger partial charge in [-0.15, -0.1) is 0 Å². The first-order valence-electron chi connectivity index (χ1n) is 6.19. The summed E-state index contributed by atoms with van der Waals surface area (Å²) in [4.78, 5) is 6.11. The molecule has 3 heteroatoms. The van der Waals surface area contributed by atoms with Crippen molar-refractivity contribution in [2.75, 3.05) is 6.54 Å². The van der Waals surface area contributed by atoms with E-state index in [9.17, 15) is 0 Å². The van der Waals surface area contributed by atoms with E-state index in [0.29, 0.717) is 6.04 Å². The number of aromatic nitrogens is 1. The first-order valence-corrected chi connectivity index (χ1v) is 6.98. The third-order valence-electron chi connectivity index (χ3n) is 3.72. The van der Waals surface area contributed by atoms with Crippen LogP contribution in [0.4, 0.5) is 0 Å². The zero-order valence-corrected chi connectivity index (χ0v) is 11.8. The molecule has 0 spiro atoms. The van der Waals surface area contributed by atoms with E-state index in [2.05, 4.69) is 57.9 Å². The SMILES string of the molecule is CC(C)N1CCc2[nH]c3c(Br)cccc3c2C1. The summed E-state index contributed by atoms with van der Waals surface area (Å²) in [6.45, 7) is 6.78. The van der Waals surface area contributed by atoms with Gasteiger partial charge in [0.1, 0.15) is 0 Å². The van der Waals surface area contributed by atoms with E-state index in [4.69, 9.17) is 0 Å². The van der Waals surface area contributed by atoms with E-state index in [0.717, 1.165) is 19.5 Å². The van der Waals surface area contributed by atoms with E-state index in [-0.39, 0.29) is 0 Å². The third-order valence-corrected chi connectivity index (χ3v) is 4.38. The molecule has 2 nitrogen and oxygen atoms in total. The van der Waals surface area contributed by atoms with Crippen LogP contribution in [0, 0.1) is 0 Å². The zero-order chi connectivity index (χ0) is 12.0. The molecule has 0 saturated heterocycles. The van der Waals surface area contributed by atoms with Crippen LogP contribution in [0.5, 0.6) is 0 Å². The van der Waals surface area contributed by atoms with Crippen molar-refractivity contribution in [2.24, 2.45) is 0 Å². The Morgan fingerprint density at radius 3 is 2.94 bits per heavy atom. The molecule has 0 radical (unpaired) electrons. The molecule has 90 valence electrons. The fourth-order valence-electron chi connectivity index (χ4n) is 2.66. The zero-order valence-electron chi connectivity index (χ0n) is 10.3. The number of fused-ring (bicyclic) bond motifs is 3. The van der Waals surface area contributed by atoms with E-state index in [1.807, 2.05) is 0 Å². The number of benzene rings is 1. The summed E-state index contributed by atoms with van der Waals surface area (Å²) in [5.74, 6) is 0. The Morgan fingerprint density at radius 2 is 2.18 bits per heavy atom. The molecule has 1 aliphatic heterocycles. The second kappa shape index (κ2) is 4.14. The number of nitrogens with zero attached hydrogens (tertiary/aromatic N) is 1. The first-order chi connectivity index (χ1) is 8.16. The lowest BCUT2D eigenvalue weighted by molar-refractivity contribution is 0.203. The first kappa shape index (κ1) is 11.3. The highest BCUT2D eigenvalue weighted by Gasteiger charge is 2.22. The molecule has 0 aliphatic carbocycles. The fourth-order valence-corrected chi connectivity index (χ4v) is 3.13. The molecular formula is C14H17BrN2. The van der Waals surface area contributed by atoms with Crippen LogP contribution in [0.1, 0.15) is 25.1 Å². The highest BCUT2D eigenvalue weighted by molar-refractivity contribution is 9.10. The van der Waals surface area contributed by atoms with Gasteiger partial charge < -0.3 is 4.98 Å². The lowest BCUT2D eigenvalue weighted by atomic mass is 10.0. The lowest BCUT2D eigenvalue weighted by Crippen LogP contribution is -2.35. The van der Waals surface area contributed by atoms with Gasteiger partial charge in [-0.2, -0.15) is 0 Å². The quantitative estimate of drug-likeness (QED) is 0.849. The highest BCUT2D eigenvalue weighted by atomic mass is 79.9. The predicted octanol–water partition coefficient (Wildman–Crippen LogP) is 3.70. The second-order valence-corrected chi connectivity index (χ2v) is 5.91. The number of para-hydroxylation sites is 1. The van der Waals surface area contributed by atoms with Crippen LogP contribution < -0.4 is 0 Å². The van der Waals surface area contributed by atoms with Crippen LogP contribution in [0.2, 0.25) is 0 Å². The molecule has 17 heavy (non-hydrogen) atoms. The topological polar surface area (TPSA) is 19.0 Å². The van der Waals surface area contributed by atoms with Crippen LogP contribution in [0.25, 0.3) is 10.9 Å². The third kappa shape index (κ3) is 1.81. The second-order valence-electron chi connectivity index (χ2n) is 5.06. The molecule has 2 heterocycles. The van der Waals surface area contributed by atoms with Crippen LogP contribution in [0.15, 0.2) is 22.7 Å². The molecule has 3 rings (SSSR count). The minimum atomic E-state index is 0.625. The van der Waals surface area contributed by atoms with Crippen molar-refractivity contribution >= 4 is 26.8 Å². The maximum atomic E-state index is 3.62. The molecule has 0 fully saturated rings. The molecule has 1 N–H and O–H groups in total. The number of H-pyrrole nitrogens is 1. The molecule has 1 aromatic heterocycles. The number of nitrogens with one attached hydrogen (secondary N) is 1. The van der Waals surface area contributed by atoms with Gasteiger partial charge in [0.05, 0.1) is 5.52 Å². The summed E-state index contributed by atoms with van der Waals surface area (Å²) in [5, 5.41) is 1.37. The largest absolute Gasteiger partial charge is 0.357 e. The van der Waals surface area contributed by atoms with Crippen molar-refractivity contribution in [2.45, 2.75) is 32.9 Å². The maximum Gasteiger partial charge on any atom is 0.0603 e. The number of rotatable bonds is 1. The number of halogens is 1. The van der Waals surface area contributed by atoms with E-state index >= 15 is 0 Å². The minimum Gasteiger partial charge on any atom is -0.357 e. The predicted molar refractivity (Wildman–Crippen MR) is 75.2 cm³/mol. The van der Waals surface area contributed by atoms with Gasteiger partial charge in [-0.3, -0.25) is 4.90 Å². The van der Waals surface area contributed by atoms with Crippen molar-refractivity contribution in [1.29, 1.82) is 0 Å². The van der Waals surface area contributed by atoms with Gasteiger partial charge in [-0.05, 0) is 41.4 Å². The molecule has 2 aromatic rings. The molecule has 1 aliphatic rings. The Hall–Kier alpha value is -0.800. The van der Waals surface area contributed by atoms with Crippen molar-refractivity contribution < 1.29 is 0 Å². The average molecular weight is 293 g/mol. The Kier molecular flexibility index (Phi) is 2.75. The standard InChI is InChI=1S/C14H17BrN2/c1-9(2)17-7-6-13-11(8-17)10-4-3-5-12(15)14(10)16-13/h3-5,9,16H,6-8H2,1-2H3. The van der Waals surface area contributed by atoms with Gasteiger partial charge in [0.15, 0.2) is 0 Å².